The van der Waals surface area contributed by atoms with Gasteiger partial charge in [-0.3, -0.25) is 0 Å². The lowest BCUT2D eigenvalue weighted by Crippen LogP contribution is -2.29. The Bertz CT molecular complexity index is 638. The molecule has 2 aliphatic rings. The van der Waals surface area contributed by atoms with Crippen molar-refractivity contribution in [3.8, 4) is 0 Å². The molecule has 0 saturated carbocycles. The van der Waals surface area contributed by atoms with Crippen molar-refractivity contribution in [2.75, 3.05) is 0 Å². The molecule has 3 rings (SSSR count). The van der Waals surface area contributed by atoms with E-state index in [-0.39, 0.29) is 0 Å². The van der Waals surface area contributed by atoms with E-state index in [1.54, 1.807) is 0 Å². The van der Waals surface area contributed by atoms with Crippen LogP contribution in [0.15, 0.2) is 51.8 Å². The van der Waals surface area contributed by atoms with Crippen LogP contribution in [0.25, 0.3) is 5.57 Å². The zero-order chi connectivity index (χ0) is 11.0. The van der Waals surface area contributed by atoms with Crippen LogP contribution in [0.2, 0.25) is 0 Å². The number of allylic oxidation sites excluding steroid dienone is 3. The molecule has 0 unspecified atom stereocenters. The van der Waals surface area contributed by atoms with Gasteiger partial charge in [0.2, 0.25) is 0 Å². The average molecular weight is 243 g/mol. The molecule has 0 radical (unpaired) electrons. The van der Waals surface area contributed by atoms with Crippen molar-refractivity contribution in [2.45, 2.75) is 6.42 Å². The predicted molar refractivity (Wildman–Crippen MR) is 72.7 cm³/mol. The summed E-state index contributed by atoms with van der Waals surface area (Å²) in [5, 5.41) is 4.25. The Morgan fingerprint density at radius 3 is 3.06 bits per heavy atom. The smallest absolute Gasteiger partial charge is 0.0795 e. The first kappa shape index (κ1) is 10.00. The topological polar surface area (TPSA) is 12.4 Å². The Labute approximate surface area is 103 Å². The standard InChI is InChI=1S/C13H9NS2/c15-12-7-3-4-9-8-16-14-11-6-2-1-5-10(11)13(9)12/h1-6,8H,7H2. The van der Waals surface area contributed by atoms with Crippen molar-refractivity contribution < 1.29 is 0 Å². The van der Waals surface area contributed by atoms with E-state index in [0.29, 0.717) is 0 Å². The zero-order valence-corrected chi connectivity index (χ0v) is 10.1. The van der Waals surface area contributed by atoms with Gasteiger partial charge in [-0.05, 0) is 11.6 Å². The predicted octanol–water partition coefficient (Wildman–Crippen LogP) is 2.33. The minimum absolute atomic E-state index is 0.862. The SMILES string of the molecule is S=C1CC=CC2=CSN=c3ccccc3=C12. The molecule has 0 N–H and O–H groups in total. The molecule has 1 heterocycles. The van der Waals surface area contributed by atoms with Gasteiger partial charge in [0, 0.05) is 39.4 Å². The number of benzene rings is 1. The van der Waals surface area contributed by atoms with E-state index >= 15 is 0 Å². The lowest BCUT2D eigenvalue weighted by molar-refractivity contribution is 1.38. The summed E-state index contributed by atoms with van der Waals surface area (Å²) in [6.45, 7) is 0. The normalized spacial score (nSPS) is 18.1. The number of hydrogen-bond donors (Lipinski definition) is 0. The fourth-order valence-corrected chi connectivity index (χ4v) is 2.91. The molecule has 1 aliphatic carbocycles. The molecule has 0 atom stereocenters. The Kier molecular flexibility index (Phi) is 2.50. The largest absolute Gasteiger partial charge is 0.211 e. The second-order valence-electron chi connectivity index (χ2n) is 3.69. The van der Waals surface area contributed by atoms with Crippen LogP contribution in [0.5, 0.6) is 0 Å². The van der Waals surface area contributed by atoms with Crippen molar-refractivity contribution >= 4 is 34.6 Å². The first-order valence-electron chi connectivity index (χ1n) is 5.10. The highest BCUT2D eigenvalue weighted by Gasteiger charge is 2.15. The summed E-state index contributed by atoms with van der Waals surface area (Å²) < 4.78 is 4.47. The Morgan fingerprint density at radius 2 is 2.12 bits per heavy atom. The molecule has 16 heavy (non-hydrogen) atoms. The molecule has 78 valence electrons. The fraction of sp³-hybridized carbons (Fsp3) is 0.0769. The molecule has 0 fully saturated rings. The molecule has 3 heteroatoms. The summed E-state index contributed by atoms with van der Waals surface area (Å²) in [7, 11) is 0. The lowest BCUT2D eigenvalue weighted by atomic mass is 9.94. The van der Waals surface area contributed by atoms with Gasteiger partial charge < -0.3 is 0 Å². The molecular formula is C13H9NS2. The molecule has 0 bridgehead atoms. The number of fused-ring (bicyclic) bond motifs is 2. The third-order valence-corrected chi connectivity index (χ3v) is 3.70. The van der Waals surface area contributed by atoms with Gasteiger partial charge in [0.05, 0.1) is 5.36 Å². The maximum Gasteiger partial charge on any atom is 0.0795 e. The van der Waals surface area contributed by atoms with E-state index < -0.39 is 0 Å². The van der Waals surface area contributed by atoms with Crippen LogP contribution in [-0.4, -0.2) is 4.86 Å². The van der Waals surface area contributed by atoms with E-state index in [9.17, 15) is 0 Å². The monoisotopic (exact) mass is 243 g/mol. The lowest BCUT2D eigenvalue weighted by Gasteiger charge is -2.12. The summed E-state index contributed by atoms with van der Waals surface area (Å²) in [5.41, 5.74) is 2.37. The highest BCUT2D eigenvalue weighted by Crippen LogP contribution is 2.25. The van der Waals surface area contributed by atoms with Gasteiger partial charge in [0.15, 0.2) is 0 Å². The van der Waals surface area contributed by atoms with Crippen LogP contribution in [-0.2, 0) is 0 Å². The van der Waals surface area contributed by atoms with Crippen LogP contribution in [0.3, 0.4) is 0 Å². The third-order valence-electron chi connectivity index (χ3n) is 2.67. The molecule has 1 aromatic rings. The summed E-state index contributed by atoms with van der Waals surface area (Å²) in [5.74, 6) is 0. The molecule has 0 aromatic heterocycles. The molecule has 0 saturated heterocycles. The summed E-state index contributed by atoms with van der Waals surface area (Å²) in [4.78, 5) is 1.01. The molecule has 0 spiro atoms. The molecule has 1 aliphatic heterocycles. The maximum absolute atomic E-state index is 5.46. The van der Waals surface area contributed by atoms with Crippen molar-refractivity contribution in [2.24, 2.45) is 4.40 Å². The minimum atomic E-state index is 0.862. The fourth-order valence-electron chi connectivity index (χ4n) is 1.95. The van der Waals surface area contributed by atoms with E-state index in [4.69, 9.17) is 12.2 Å². The molecule has 1 nitrogen and oxygen atoms in total. The van der Waals surface area contributed by atoms with Crippen LogP contribution in [0.4, 0.5) is 0 Å². The molecule has 1 aromatic carbocycles. The second kappa shape index (κ2) is 4.00. The van der Waals surface area contributed by atoms with E-state index in [0.717, 1.165) is 21.9 Å². The third kappa shape index (κ3) is 1.56. The van der Waals surface area contributed by atoms with Gasteiger partial charge in [-0.15, -0.1) is 0 Å². The minimum Gasteiger partial charge on any atom is -0.211 e. The van der Waals surface area contributed by atoms with Gasteiger partial charge in [-0.2, -0.15) is 0 Å². The summed E-state index contributed by atoms with van der Waals surface area (Å²) in [6, 6.07) is 8.18. The average Bonchev–Trinajstić information content (AvgIpc) is 2.49. The number of nitrogens with zero attached hydrogens (tertiary/aromatic N) is 1. The van der Waals surface area contributed by atoms with Crippen molar-refractivity contribution in [3.63, 3.8) is 0 Å². The Balaban J connectivity index is 2.47. The zero-order valence-electron chi connectivity index (χ0n) is 8.51. The number of rotatable bonds is 0. The van der Waals surface area contributed by atoms with E-state index in [2.05, 4.69) is 28.0 Å². The van der Waals surface area contributed by atoms with Crippen molar-refractivity contribution in [1.29, 1.82) is 0 Å². The Hall–Kier alpha value is -1.19. The first-order chi connectivity index (χ1) is 7.86. The Morgan fingerprint density at radius 1 is 1.25 bits per heavy atom. The van der Waals surface area contributed by atoms with Crippen LogP contribution in [0, 0.1) is 0 Å². The molecular weight excluding hydrogens is 234 g/mol. The first-order valence-corrected chi connectivity index (χ1v) is 6.34. The number of thiocarbonyl (C=S) groups is 1. The highest BCUT2D eigenvalue weighted by molar-refractivity contribution is 8.00. The van der Waals surface area contributed by atoms with Gasteiger partial charge in [-0.25, -0.2) is 4.40 Å². The van der Waals surface area contributed by atoms with Crippen molar-refractivity contribution in [1.82, 2.24) is 0 Å². The van der Waals surface area contributed by atoms with Crippen molar-refractivity contribution in [3.05, 3.63) is 58.0 Å². The maximum atomic E-state index is 5.46. The summed E-state index contributed by atoms with van der Waals surface area (Å²) >= 11 is 6.94. The summed E-state index contributed by atoms with van der Waals surface area (Å²) in [6.07, 6.45) is 5.11. The van der Waals surface area contributed by atoms with Crippen LogP contribution >= 0.6 is 24.2 Å². The van der Waals surface area contributed by atoms with E-state index in [1.165, 1.54) is 23.1 Å². The quantitative estimate of drug-likeness (QED) is 0.512. The van der Waals surface area contributed by atoms with E-state index in [1.807, 2.05) is 18.2 Å². The van der Waals surface area contributed by atoms with Gasteiger partial charge in [0.1, 0.15) is 0 Å². The van der Waals surface area contributed by atoms with Crippen LogP contribution < -0.4 is 10.6 Å². The van der Waals surface area contributed by atoms with Gasteiger partial charge >= 0.3 is 0 Å². The highest BCUT2D eigenvalue weighted by atomic mass is 32.2. The van der Waals surface area contributed by atoms with Crippen LogP contribution in [0.1, 0.15) is 6.42 Å². The second-order valence-corrected chi connectivity index (χ2v) is 4.81. The number of hydrogen-bond acceptors (Lipinski definition) is 3. The van der Waals surface area contributed by atoms with Gasteiger partial charge in [-0.1, -0.05) is 42.6 Å². The molecule has 0 amide bonds. The van der Waals surface area contributed by atoms with Gasteiger partial charge in [0.25, 0.3) is 0 Å².